The molecule has 1 aromatic heterocycles. The van der Waals surface area contributed by atoms with E-state index in [4.69, 9.17) is 10.5 Å². The maximum absolute atomic E-state index is 5.90. The molecule has 0 aliphatic carbocycles. The highest BCUT2D eigenvalue weighted by Crippen LogP contribution is 2.28. The number of nitrogens with two attached hydrogens (primary N) is 1. The van der Waals surface area contributed by atoms with Crippen LogP contribution >= 0.6 is 0 Å². The highest BCUT2D eigenvalue weighted by atomic mass is 16.5. The maximum atomic E-state index is 5.90. The zero-order valence-electron chi connectivity index (χ0n) is 9.27. The summed E-state index contributed by atoms with van der Waals surface area (Å²) in [7, 11) is 0. The summed E-state index contributed by atoms with van der Waals surface area (Å²) in [6.07, 6.45) is 1.66. The van der Waals surface area contributed by atoms with Crippen LogP contribution in [0.3, 0.4) is 0 Å². The van der Waals surface area contributed by atoms with Crippen molar-refractivity contribution in [2.24, 2.45) is 0 Å². The molecule has 2 N–H and O–H groups in total. The molecule has 0 spiro atoms. The second-order valence-corrected chi connectivity index (χ2v) is 3.53. The Morgan fingerprint density at radius 1 is 1.19 bits per heavy atom. The predicted octanol–water partition coefficient (Wildman–Crippen LogP) is 2.47. The molecule has 4 heteroatoms. The van der Waals surface area contributed by atoms with Crippen molar-refractivity contribution in [1.29, 1.82) is 0 Å². The number of ether oxygens (including phenoxy) is 1. The molecule has 0 saturated heterocycles. The molecule has 0 amide bonds. The van der Waals surface area contributed by atoms with Crippen LogP contribution in [0.5, 0.6) is 11.6 Å². The van der Waals surface area contributed by atoms with E-state index in [0.717, 1.165) is 5.56 Å². The van der Waals surface area contributed by atoms with E-state index < -0.39 is 0 Å². The molecule has 2 rings (SSSR count). The molecule has 4 nitrogen and oxygen atoms in total. The average molecular weight is 215 g/mol. The molecule has 0 unspecified atom stereocenters. The molecule has 16 heavy (non-hydrogen) atoms. The van der Waals surface area contributed by atoms with Crippen molar-refractivity contribution in [3.05, 3.63) is 41.9 Å². The summed E-state index contributed by atoms with van der Waals surface area (Å²) in [5.74, 6) is 1.80. The molecule has 82 valence electrons. The van der Waals surface area contributed by atoms with Crippen LogP contribution in [0.25, 0.3) is 0 Å². The number of benzene rings is 1. The summed E-state index contributed by atoms with van der Waals surface area (Å²) in [5, 5.41) is 0. The van der Waals surface area contributed by atoms with Crippen LogP contribution in [0.1, 0.15) is 11.4 Å². The normalized spacial score (nSPS) is 10.1. The van der Waals surface area contributed by atoms with Gasteiger partial charge in [-0.25, -0.2) is 4.98 Å². The van der Waals surface area contributed by atoms with Crippen molar-refractivity contribution in [3.63, 3.8) is 0 Å². The predicted molar refractivity (Wildman–Crippen MR) is 62.4 cm³/mol. The Kier molecular flexibility index (Phi) is 2.72. The first kappa shape index (κ1) is 10.4. The number of anilines is 1. The largest absolute Gasteiger partial charge is 0.437 e. The Balaban J connectivity index is 2.31. The van der Waals surface area contributed by atoms with Gasteiger partial charge < -0.3 is 10.5 Å². The van der Waals surface area contributed by atoms with Gasteiger partial charge in [0.15, 0.2) is 5.75 Å². The van der Waals surface area contributed by atoms with Crippen molar-refractivity contribution >= 4 is 5.69 Å². The fraction of sp³-hybridized carbons (Fsp3) is 0.167. The lowest BCUT2D eigenvalue weighted by Crippen LogP contribution is -1.97. The Bertz CT molecular complexity index is 511. The molecule has 0 atom stereocenters. The third kappa shape index (κ3) is 2.11. The number of hydrogen-bond donors (Lipinski definition) is 1. The third-order valence-electron chi connectivity index (χ3n) is 2.25. The van der Waals surface area contributed by atoms with Crippen LogP contribution in [0.2, 0.25) is 0 Å². The number of nitrogen functional groups attached to an aromatic ring is 1. The number of nitrogens with zero attached hydrogens (tertiary/aromatic N) is 2. The van der Waals surface area contributed by atoms with E-state index in [1.54, 1.807) is 12.3 Å². The molecule has 0 aliphatic rings. The number of rotatable bonds is 2. The van der Waals surface area contributed by atoms with Gasteiger partial charge in [0.2, 0.25) is 5.88 Å². The van der Waals surface area contributed by atoms with E-state index in [2.05, 4.69) is 9.97 Å². The zero-order chi connectivity index (χ0) is 11.5. The molecule has 0 fully saturated rings. The van der Waals surface area contributed by atoms with Crippen molar-refractivity contribution < 1.29 is 4.74 Å². The van der Waals surface area contributed by atoms with E-state index in [0.29, 0.717) is 23.1 Å². The van der Waals surface area contributed by atoms with Crippen molar-refractivity contribution in [2.75, 3.05) is 5.73 Å². The van der Waals surface area contributed by atoms with Crippen LogP contribution in [-0.4, -0.2) is 9.97 Å². The van der Waals surface area contributed by atoms with Gasteiger partial charge in [-0.05, 0) is 25.5 Å². The summed E-state index contributed by atoms with van der Waals surface area (Å²) >= 11 is 0. The quantitative estimate of drug-likeness (QED) is 0.782. The van der Waals surface area contributed by atoms with Gasteiger partial charge in [0, 0.05) is 12.3 Å². The van der Waals surface area contributed by atoms with Gasteiger partial charge in [0.05, 0.1) is 5.69 Å². The summed E-state index contributed by atoms with van der Waals surface area (Å²) in [5.41, 5.74) is 7.53. The summed E-state index contributed by atoms with van der Waals surface area (Å²) in [6, 6.07) is 7.36. The van der Waals surface area contributed by atoms with Gasteiger partial charge in [-0.2, -0.15) is 4.98 Å². The number of aromatic nitrogens is 2. The number of aryl methyl sites for hydroxylation is 2. The maximum Gasteiger partial charge on any atom is 0.222 e. The van der Waals surface area contributed by atoms with Gasteiger partial charge in [0.1, 0.15) is 5.82 Å². The Labute approximate surface area is 94.1 Å². The highest BCUT2D eigenvalue weighted by molar-refractivity contribution is 5.58. The van der Waals surface area contributed by atoms with Crippen molar-refractivity contribution in [2.45, 2.75) is 13.8 Å². The zero-order valence-corrected chi connectivity index (χ0v) is 9.27. The van der Waals surface area contributed by atoms with E-state index in [1.807, 2.05) is 32.0 Å². The van der Waals surface area contributed by atoms with E-state index in [9.17, 15) is 0 Å². The standard InChI is InChI=1S/C12H13N3O/c1-8-4-3-5-10(12(8)13)16-11-6-7-14-9(2)15-11/h3-7H,13H2,1-2H3. The minimum absolute atomic E-state index is 0.504. The lowest BCUT2D eigenvalue weighted by atomic mass is 10.2. The van der Waals surface area contributed by atoms with Crippen molar-refractivity contribution in [3.8, 4) is 11.6 Å². The Morgan fingerprint density at radius 3 is 2.75 bits per heavy atom. The smallest absolute Gasteiger partial charge is 0.222 e. The minimum Gasteiger partial charge on any atom is -0.437 e. The molecule has 0 saturated carbocycles. The second kappa shape index (κ2) is 4.18. The Hall–Kier alpha value is -2.10. The van der Waals surface area contributed by atoms with Crippen LogP contribution in [0, 0.1) is 13.8 Å². The summed E-state index contributed by atoms with van der Waals surface area (Å²) in [6.45, 7) is 3.75. The number of hydrogen-bond acceptors (Lipinski definition) is 4. The van der Waals surface area contributed by atoms with Gasteiger partial charge in [-0.1, -0.05) is 12.1 Å². The topological polar surface area (TPSA) is 61.0 Å². The van der Waals surface area contributed by atoms with Gasteiger partial charge in [0.25, 0.3) is 0 Å². The molecule has 1 heterocycles. The first-order valence-corrected chi connectivity index (χ1v) is 4.99. The fourth-order valence-corrected chi connectivity index (χ4v) is 1.35. The van der Waals surface area contributed by atoms with E-state index >= 15 is 0 Å². The van der Waals surface area contributed by atoms with E-state index in [1.165, 1.54) is 0 Å². The molecular formula is C12H13N3O. The molecular weight excluding hydrogens is 202 g/mol. The van der Waals surface area contributed by atoms with Crippen LogP contribution in [-0.2, 0) is 0 Å². The fourth-order valence-electron chi connectivity index (χ4n) is 1.35. The third-order valence-corrected chi connectivity index (χ3v) is 2.25. The average Bonchev–Trinajstić information content (AvgIpc) is 2.25. The van der Waals surface area contributed by atoms with Crippen molar-refractivity contribution in [1.82, 2.24) is 9.97 Å². The van der Waals surface area contributed by atoms with Crippen LogP contribution < -0.4 is 10.5 Å². The molecule has 0 bridgehead atoms. The van der Waals surface area contributed by atoms with Gasteiger partial charge in [-0.15, -0.1) is 0 Å². The molecule has 0 aliphatic heterocycles. The van der Waals surface area contributed by atoms with E-state index in [-0.39, 0.29) is 0 Å². The lowest BCUT2D eigenvalue weighted by molar-refractivity contribution is 0.461. The SMILES string of the molecule is Cc1nccc(Oc2cccc(C)c2N)n1. The van der Waals surface area contributed by atoms with Gasteiger partial charge >= 0.3 is 0 Å². The number of para-hydroxylation sites is 1. The summed E-state index contributed by atoms with van der Waals surface area (Å²) < 4.78 is 5.59. The Morgan fingerprint density at radius 2 is 2.00 bits per heavy atom. The molecule has 1 aromatic carbocycles. The van der Waals surface area contributed by atoms with Crippen LogP contribution in [0.4, 0.5) is 5.69 Å². The highest BCUT2D eigenvalue weighted by Gasteiger charge is 2.04. The van der Waals surface area contributed by atoms with Crippen LogP contribution in [0.15, 0.2) is 30.5 Å². The van der Waals surface area contributed by atoms with Gasteiger partial charge in [-0.3, -0.25) is 0 Å². The first-order chi connectivity index (χ1) is 7.66. The minimum atomic E-state index is 0.504. The lowest BCUT2D eigenvalue weighted by Gasteiger charge is -2.09. The second-order valence-electron chi connectivity index (χ2n) is 3.53. The molecule has 2 aromatic rings. The summed E-state index contributed by atoms with van der Waals surface area (Å²) in [4.78, 5) is 8.15. The first-order valence-electron chi connectivity index (χ1n) is 4.99. The monoisotopic (exact) mass is 215 g/mol. The molecule has 0 radical (unpaired) electrons.